The number of hydrogen-bond acceptors (Lipinski definition) is 2. The molecule has 30 heavy (non-hydrogen) atoms. The summed E-state index contributed by atoms with van der Waals surface area (Å²) >= 11 is 1.13. The number of carbonyl (C=O) groups excluding carboxylic acids is 1. The van der Waals surface area contributed by atoms with Crippen LogP contribution in [0.15, 0.2) is 66.2 Å². The zero-order valence-electron chi connectivity index (χ0n) is 15.9. The molecule has 2 heterocycles. The third kappa shape index (κ3) is 3.71. The summed E-state index contributed by atoms with van der Waals surface area (Å²) in [5.74, 6) is -0.442. The summed E-state index contributed by atoms with van der Waals surface area (Å²) in [6.45, 7) is 1.88. The molecular weight excluding hydrogens is 416 g/mol. The van der Waals surface area contributed by atoms with Crippen molar-refractivity contribution in [1.29, 1.82) is 0 Å². The van der Waals surface area contributed by atoms with E-state index < -0.39 is 28.6 Å². The second-order valence-electron chi connectivity index (χ2n) is 7.29. The highest BCUT2D eigenvalue weighted by Gasteiger charge is 2.44. The standard InChI is InChI=1S/C22H18F4N2OS/c1-21(19(23)10-11-30-21)20(29)27-17-13-28(18-5-3-2-4-16(17)18)12-14-6-8-15(9-7-14)22(24,25)26/h2-11,13,19H,12H2,1H3,(H,27,29). The van der Waals surface area contributed by atoms with E-state index in [9.17, 15) is 22.4 Å². The maximum absolute atomic E-state index is 14.2. The molecule has 2 aromatic carbocycles. The fraction of sp³-hybridized carbons (Fsp3) is 0.227. The smallest absolute Gasteiger partial charge is 0.341 e. The Hall–Kier alpha value is -2.74. The molecule has 3 aromatic rings. The van der Waals surface area contributed by atoms with Crippen molar-refractivity contribution in [2.75, 3.05) is 5.32 Å². The molecule has 1 aliphatic heterocycles. The molecule has 0 saturated heterocycles. The molecule has 1 N–H and O–H groups in total. The van der Waals surface area contributed by atoms with Gasteiger partial charge in [0.25, 0.3) is 0 Å². The molecule has 0 bridgehead atoms. The van der Waals surface area contributed by atoms with E-state index in [1.807, 2.05) is 28.8 Å². The molecule has 3 nitrogen and oxygen atoms in total. The van der Waals surface area contributed by atoms with E-state index in [1.165, 1.54) is 18.2 Å². The number of hydrogen-bond donors (Lipinski definition) is 1. The summed E-state index contributed by atoms with van der Waals surface area (Å²) < 4.78 is 53.2. The van der Waals surface area contributed by atoms with E-state index in [4.69, 9.17) is 0 Å². The number of carbonyl (C=O) groups is 1. The third-order valence-electron chi connectivity index (χ3n) is 5.21. The zero-order chi connectivity index (χ0) is 21.5. The van der Waals surface area contributed by atoms with Gasteiger partial charge in [-0.15, -0.1) is 11.8 Å². The van der Waals surface area contributed by atoms with Crippen LogP contribution in [-0.4, -0.2) is 21.4 Å². The van der Waals surface area contributed by atoms with Gasteiger partial charge in [0.2, 0.25) is 5.91 Å². The summed E-state index contributed by atoms with van der Waals surface area (Å²) in [6, 6.07) is 12.3. The Labute approximate surface area is 174 Å². The highest BCUT2D eigenvalue weighted by Crippen LogP contribution is 2.40. The number of fused-ring (bicyclic) bond motifs is 1. The van der Waals surface area contributed by atoms with Crippen molar-refractivity contribution in [3.63, 3.8) is 0 Å². The number of para-hydroxylation sites is 1. The summed E-state index contributed by atoms with van der Waals surface area (Å²) in [5, 5.41) is 5.18. The van der Waals surface area contributed by atoms with Crippen LogP contribution >= 0.6 is 11.8 Å². The number of nitrogens with one attached hydrogen (secondary N) is 1. The van der Waals surface area contributed by atoms with Crippen LogP contribution < -0.4 is 5.32 Å². The molecule has 0 aliphatic carbocycles. The SMILES string of the molecule is CC1(C(=O)Nc2cn(Cc3ccc(C(F)(F)F)cc3)c3ccccc23)SC=CC1F. The first-order valence-corrected chi connectivity index (χ1v) is 10.1. The van der Waals surface area contributed by atoms with Crippen LogP contribution in [-0.2, 0) is 17.5 Å². The van der Waals surface area contributed by atoms with Crippen LogP contribution in [0, 0.1) is 0 Å². The first kappa shape index (κ1) is 20.5. The van der Waals surface area contributed by atoms with Gasteiger partial charge in [0.15, 0.2) is 0 Å². The quantitative estimate of drug-likeness (QED) is 0.511. The van der Waals surface area contributed by atoms with Crippen molar-refractivity contribution in [1.82, 2.24) is 4.57 Å². The number of aromatic nitrogens is 1. The Morgan fingerprint density at radius 2 is 1.87 bits per heavy atom. The minimum Gasteiger partial charge on any atom is -0.341 e. The predicted molar refractivity (Wildman–Crippen MR) is 111 cm³/mol. The number of amides is 1. The second kappa shape index (κ2) is 7.50. The van der Waals surface area contributed by atoms with Gasteiger partial charge in [-0.05, 0) is 42.2 Å². The first-order chi connectivity index (χ1) is 14.2. The lowest BCUT2D eigenvalue weighted by molar-refractivity contribution is -0.137. The number of benzene rings is 2. The Kier molecular flexibility index (Phi) is 5.13. The molecule has 1 aromatic heterocycles. The lowest BCUT2D eigenvalue weighted by Gasteiger charge is -2.23. The van der Waals surface area contributed by atoms with E-state index in [2.05, 4.69) is 5.32 Å². The van der Waals surface area contributed by atoms with Gasteiger partial charge >= 0.3 is 6.18 Å². The summed E-state index contributed by atoms with van der Waals surface area (Å²) in [5.41, 5.74) is 1.33. The van der Waals surface area contributed by atoms with Crippen molar-refractivity contribution < 1.29 is 22.4 Å². The Bertz CT molecular complexity index is 1120. The molecule has 0 saturated carbocycles. The van der Waals surface area contributed by atoms with Gasteiger partial charge in [-0.1, -0.05) is 30.3 Å². The fourth-order valence-corrected chi connectivity index (χ4v) is 4.26. The summed E-state index contributed by atoms with van der Waals surface area (Å²) in [7, 11) is 0. The van der Waals surface area contributed by atoms with Gasteiger partial charge in [0.05, 0.1) is 16.8 Å². The Morgan fingerprint density at radius 3 is 2.50 bits per heavy atom. The Morgan fingerprint density at radius 1 is 1.17 bits per heavy atom. The number of anilines is 1. The third-order valence-corrected chi connectivity index (χ3v) is 6.40. The molecular formula is C22H18F4N2OS. The highest BCUT2D eigenvalue weighted by molar-refractivity contribution is 8.04. The van der Waals surface area contributed by atoms with E-state index in [0.29, 0.717) is 17.8 Å². The number of alkyl halides is 4. The molecule has 156 valence electrons. The van der Waals surface area contributed by atoms with E-state index in [0.717, 1.165) is 34.8 Å². The van der Waals surface area contributed by atoms with Gasteiger partial charge in [-0.2, -0.15) is 13.2 Å². The largest absolute Gasteiger partial charge is 0.416 e. The van der Waals surface area contributed by atoms with Gasteiger partial charge in [0.1, 0.15) is 10.9 Å². The van der Waals surface area contributed by atoms with Gasteiger partial charge < -0.3 is 9.88 Å². The van der Waals surface area contributed by atoms with Crippen molar-refractivity contribution in [2.24, 2.45) is 0 Å². The lowest BCUT2D eigenvalue weighted by Crippen LogP contribution is -2.42. The predicted octanol–water partition coefficient (Wildman–Crippen LogP) is 6.00. The summed E-state index contributed by atoms with van der Waals surface area (Å²) in [4.78, 5) is 12.8. The number of rotatable bonds is 4. The average Bonchev–Trinajstić information content (AvgIpc) is 3.23. The number of allylic oxidation sites excluding steroid dienone is 1. The van der Waals surface area contributed by atoms with Gasteiger partial charge in [-0.3, -0.25) is 4.79 Å². The minimum absolute atomic E-state index is 0.327. The van der Waals surface area contributed by atoms with E-state index in [-0.39, 0.29) is 0 Å². The monoisotopic (exact) mass is 434 g/mol. The van der Waals surface area contributed by atoms with Gasteiger partial charge in [0, 0.05) is 18.1 Å². The number of nitrogens with zero attached hydrogens (tertiary/aromatic N) is 1. The molecule has 2 unspecified atom stereocenters. The van der Waals surface area contributed by atoms with E-state index >= 15 is 0 Å². The van der Waals surface area contributed by atoms with Crippen LogP contribution in [0.3, 0.4) is 0 Å². The van der Waals surface area contributed by atoms with Crippen molar-refractivity contribution >= 4 is 34.3 Å². The molecule has 4 rings (SSSR count). The number of thioether (sulfide) groups is 1. The van der Waals surface area contributed by atoms with Crippen LogP contribution in [0.4, 0.5) is 23.2 Å². The van der Waals surface area contributed by atoms with Crippen molar-refractivity contribution in [3.05, 3.63) is 77.3 Å². The fourth-order valence-electron chi connectivity index (χ4n) is 3.40. The minimum atomic E-state index is -4.38. The van der Waals surface area contributed by atoms with E-state index in [1.54, 1.807) is 18.5 Å². The average molecular weight is 434 g/mol. The van der Waals surface area contributed by atoms with Crippen LogP contribution in [0.2, 0.25) is 0 Å². The molecule has 1 amide bonds. The lowest BCUT2D eigenvalue weighted by atomic mass is 10.0. The van der Waals surface area contributed by atoms with Crippen LogP contribution in [0.25, 0.3) is 10.9 Å². The normalized spacial score (nSPS) is 21.3. The topological polar surface area (TPSA) is 34.0 Å². The number of halogens is 4. The summed E-state index contributed by atoms with van der Waals surface area (Å²) in [6.07, 6.45) is -2.68. The molecule has 8 heteroatoms. The molecule has 0 radical (unpaired) electrons. The molecule has 0 spiro atoms. The maximum Gasteiger partial charge on any atom is 0.416 e. The Balaban J connectivity index is 1.62. The van der Waals surface area contributed by atoms with Crippen LogP contribution in [0.5, 0.6) is 0 Å². The zero-order valence-corrected chi connectivity index (χ0v) is 16.7. The maximum atomic E-state index is 14.2. The second-order valence-corrected chi connectivity index (χ2v) is 8.65. The van der Waals surface area contributed by atoms with Crippen LogP contribution in [0.1, 0.15) is 18.1 Å². The molecule has 2 atom stereocenters. The first-order valence-electron chi connectivity index (χ1n) is 9.22. The van der Waals surface area contributed by atoms with Crippen molar-refractivity contribution in [3.8, 4) is 0 Å². The van der Waals surface area contributed by atoms with Gasteiger partial charge in [-0.25, -0.2) is 4.39 Å². The molecule has 1 aliphatic rings. The highest BCUT2D eigenvalue weighted by atomic mass is 32.2. The molecule has 0 fully saturated rings. The van der Waals surface area contributed by atoms with Crippen molar-refractivity contribution in [2.45, 2.75) is 30.6 Å².